The van der Waals surface area contributed by atoms with E-state index in [1.54, 1.807) is 16.8 Å². The highest BCUT2D eigenvalue weighted by atomic mass is 35.5. The Kier molecular flexibility index (Phi) is 4.79. The fraction of sp³-hybridized carbons (Fsp3) is 0.846. The van der Waals surface area contributed by atoms with Gasteiger partial charge in [-0.25, -0.2) is 9.59 Å². The molecular weight excluding hydrogens is 284 g/mol. The van der Waals surface area contributed by atoms with Crippen LogP contribution in [0.4, 0.5) is 9.59 Å². The summed E-state index contributed by atoms with van der Waals surface area (Å²) < 4.78 is 10.8. The van der Waals surface area contributed by atoms with Gasteiger partial charge in [0.1, 0.15) is 11.2 Å². The zero-order chi connectivity index (χ0) is 14.3. The first-order chi connectivity index (χ1) is 8.71. The second kappa shape index (κ2) is 5.68. The molecule has 0 N–H and O–H groups in total. The maximum Gasteiger partial charge on any atom is 0.410 e. The number of ether oxygens (including phenoxy) is 2. The first kappa shape index (κ1) is 16.9. The van der Waals surface area contributed by atoms with Crippen molar-refractivity contribution in [2.24, 2.45) is 0 Å². The molecule has 0 aromatic carbocycles. The molecule has 2 saturated heterocycles. The van der Waals surface area contributed by atoms with Gasteiger partial charge in [-0.05, 0) is 20.8 Å². The van der Waals surface area contributed by atoms with Gasteiger partial charge >= 0.3 is 12.2 Å². The quantitative estimate of drug-likeness (QED) is 0.689. The summed E-state index contributed by atoms with van der Waals surface area (Å²) in [7, 11) is 1.73. The van der Waals surface area contributed by atoms with Crippen LogP contribution in [0.5, 0.6) is 0 Å². The molecule has 0 saturated carbocycles. The lowest BCUT2D eigenvalue weighted by Crippen LogP contribution is -2.49. The van der Waals surface area contributed by atoms with Crippen LogP contribution in [0.15, 0.2) is 0 Å². The van der Waals surface area contributed by atoms with Crippen LogP contribution in [0.1, 0.15) is 33.6 Å². The predicted molar refractivity (Wildman–Crippen MR) is 76.1 cm³/mol. The van der Waals surface area contributed by atoms with E-state index in [1.807, 2.05) is 20.8 Å². The number of rotatable bonds is 0. The number of halogens is 1. The lowest BCUT2D eigenvalue weighted by atomic mass is 9.91. The molecule has 0 radical (unpaired) electrons. The summed E-state index contributed by atoms with van der Waals surface area (Å²) in [5.41, 5.74) is -0.892. The molecule has 20 heavy (non-hydrogen) atoms. The van der Waals surface area contributed by atoms with Crippen LogP contribution < -0.4 is 0 Å². The first-order valence-corrected chi connectivity index (χ1v) is 6.63. The third kappa shape index (κ3) is 3.69. The number of hydrogen-bond donors (Lipinski definition) is 0. The summed E-state index contributed by atoms with van der Waals surface area (Å²) in [5.74, 6) is 0. The van der Waals surface area contributed by atoms with Crippen molar-refractivity contribution in [2.75, 3.05) is 26.7 Å². The van der Waals surface area contributed by atoms with Crippen LogP contribution in [0.25, 0.3) is 0 Å². The van der Waals surface area contributed by atoms with Gasteiger partial charge < -0.3 is 19.3 Å². The van der Waals surface area contributed by atoms with E-state index in [1.165, 1.54) is 0 Å². The van der Waals surface area contributed by atoms with Crippen molar-refractivity contribution >= 4 is 24.6 Å². The fourth-order valence-corrected chi connectivity index (χ4v) is 2.48. The minimum absolute atomic E-state index is 0. The lowest BCUT2D eigenvalue weighted by Gasteiger charge is -2.37. The van der Waals surface area contributed by atoms with Crippen molar-refractivity contribution < 1.29 is 19.1 Å². The molecule has 2 fully saturated rings. The summed E-state index contributed by atoms with van der Waals surface area (Å²) in [5, 5.41) is 0. The molecule has 116 valence electrons. The monoisotopic (exact) mass is 306 g/mol. The maximum absolute atomic E-state index is 11.9. The van der Waals surface area contributed by atoms with Gasteiger partial charge in [0, 0.05) is 33.0 Å². The van der Waals surface area contributed by atoms with Crippen molar-refractivity contribution in [1.82, 2.24) is 9.80 Å². The van der Waals surface area contributed by atoms with E-state index in [0.717, 1.165) is 0 Å². The van der Waals surface area contributed by atoms with Crippen molar-refractivity contribution in [3.05, 3.63) is 0 Å². The molecule has 7 heteroatoms. The Balaban J connectivity index is 0.00000200. The molecule has 1 spiro atoms. The van der Waals surface area contributed by atoms with Gasteiger partial charge in [0.25, 0.3) is 0 Å². The number of hydrogen-bond acceptors (Lipinski definition) is 4. The largest absolute Gasteiger partial charge is 0.444 e. The van der Waals surface area contributed by atoms with Crippen LogP contribution in [-0.4, -0.2) is 59.9 Å². The van der Waals surface area contributed by atoms with Crippen LogP contribution in [0, 0.1) is 0 Å². The molecule has 2 heterocycles. The number of carbonyl (C=O) groups is 2. The van der Waals surface area contributed by atoms with Crippen molar-refractivity contribution in [3.63, 3.8) is 0 Å². The van der Waals surface area contributed by atoms with E-state index in [0.29, 0.717) is 32.5 Å². The minimum atomic E-state index is -0.480. The van der Waals surface area contributed by atoms with Crippen molar-refractivity contribution in [1.29, 1.82) is 0 Å². The number of nitrogens with zero attached hydrogens (tertiary/aromatic N) is 2. The van der Waals surface area contributed by atoms with E-state index in [-0.39, 0.29) is 24.6 Å². The number of carbonyl (C=O) groups excluding carboxylic acids is 2. The van der Waals surface area contributed by atoms with E-state index in [4.69, 9.17) is 9.47 Å². The summed E-state index contributed by atoms with van der Waals surface area (Å²) in [6, 6.07) is 0. The Hall–Kier alpha value is -1.17. The van der Waals surface area contributed by atoms with Gasteiger partial charge in [0.05, 0.1) is 6.54 Å². The Morgan fingerprint density at radius 2 is 1.85 bits per heavy atom. The second-order valence-electron chi connectivity index (χ2n) is 6.37. The van der Waals surface area contributed by atoms with Crippen LogP contribution in [-0.2, 0) is 9.47 Å². The minimum Gasteiger partial charge on any atom is -0.444 e. The zero-order valence-electron chi connectivity index (χ0n) is 12.5. The molecule has 0 bridgehead atoms. The summed E-state index contributed by atoms with van der Waals surface area (Å²) in [6.07, 6.45) is 0.774. The summed E-state index contributed by atoms with van der Waals surface area (Å²) in [4.78, 5) is 26.6. The van der Waals surface area contributed by atoms with Crippen molar-refractivity contribution in [2.45, 2.75) is 44.8 Å². The van der Waals surface area contributed by atoms with Gasteiger partial charge in [0.15, 0.2) is 0 Å². The van der Waals surface area contributed by atoms with Gasteiger partial charge in [-0.15, -0.1) is 12.4 Å². The molecule has 2 aliphatic rings. The van der Waals surface area contributed by atoms with Crippen molar-refractivity contribution in [3.8, 4) is 0 Å². The van der Waals surface area contributed by atoms with Gasteiger partial charge in [-0.2, -0.15) is 0 Å². The highest BCUT2D eigenvalue weighted by molar-refractivity contribution is 5.85. The highest BCUT2D eigenvalue weighted by Gasteiger charge is 2.46. The average Bonchev–Trinajstić information content (AvgIpc) is 2.52. The Labute approximate surface area is 125 Å². The topological polar surface area (TPSA) is 59.1 Å². The van der Waals surface area contributed by atoms with Gasteiger partial charge in [-0.3, -0.25) is 0 Å². The van der Waals surface area contributed by atoms with Crippen LogP contribution in [0.2, 0.25) is 0 Å². The van der Waals surface area contributed by atoms with E-state index >= 15 is 0 Å². The summed E-state index contributed by atoms with van der Waals surface area (Å²) in [6.45, 7) is 7.29. The number of piperidine rings is 1. The second-order valence-corrected chi connectivity index (χ2v) is 6.37. The van der Waals surface area contributed by atoms with Gasteiger partial charge in [0.2, 0.25) is 0 Å². The Bertz CT molecular complexity index is 386. The lowest BCUT2D eigenvalue weighted by molar-refractivity contribution is -0.0169. The molecule has 2 aliphatic heterocycles. The van der Waals surface area contributed by atoms with E-state index < -0.39 is 11.2 Å². The molecule has 2 amide bonds. The molecule has 0 aromatic heterocycles. The first-order valence-electron chi connectivity index (χ1n) is 6.63. The average molecular weight is 307 g/mol. The standard InChI is InChI=1S/C13H22N2O4.ClH/c1-12(2,3)18-11(17)15-7-5-13(6-8-15)9-14(4)10(16)19-13;/h5-9H2,1-4H3;1H. The molecule has 0 aliphatic carbocycles. The Morgan fingerprint density at radius 1 is 1.30 bits per heavy atom. The van der Waals surface area contributed by atoms with Crippen LogP contribution in [0.3, 0.4) is 0 Å². The van der Waals surface area contributed by atoms with E-state index in [2.05, 4.69) is 0 Å². The fourth-order valence-electron chi connectivity index (χ4n) is 2.48. The molecule has 2 rings (SSSR count). The van der Waals surface area contributed by atoms with E-state index in [9.17, 15) is 9.59 Å². The molecule has 0 unspecified atom stereocenters. The Morgan fingerprint density at radius 3 is 2.25 bits per heavy atom. The molecule has 0 atom stereocenters. The predicted octanol–water partition coefficient (Wildman–Crippen LogP) is 2.26. The molecule has 6 nitrogen and oxygen atoms in total. The highest BCUT2D eigenvalue weighted by Crippen LogP contribution is 2.32. The molecule has 0 aromatic rings. The SMILES string of the molecule is CN1CC2(CCN(C(=O)OC(C)(C)C)CC2)OC1=O.Cl. The number of likely N-dealkylation sites (N-methyl/N-ethyl adjacent to an activating group) is 1. The number of likely N-dealkylation sites (tertiary alicyclic amines) is 1. The third-order valence-electron chi connectivity index (χ3n) is 3.47. The normalized spacial score (nSPS) is 21.5. The zero-order valence-corrected chi connectivity index (χ0v) is 13.3. The smallest absolute Gasteiger partial charge is 0.410 e. The number of amides is 2. The van der Waals surface area contributed by atoms with Gasteiger partial charge in [-0.1, -0.05) is 0 Å². The summed E-state index contributed by atoms with van der Waals surface area (Å²) >= 11 is 0. The van der Waals surface area contributed by atoms with Crippen LogP contribution >= 0.6 is 12.4 Å². The maximum atomic E-state index is 11.9. The third-order valence-corrected chi connectivity index (χ3v) is 3.47. The molecular formula is C13H23ClN2O4.